The molecule has 0 radical (unpaired) electrons. The minimum atomic E-state index is -0.465. The van der Waals surface area contributed by atoms with Crippen molar-refractivity contribution in [3.8, 4) is 0 Å². The van der Waals surface area contributed by atoms with Gasteiger partial charge in [0.2, 0.25) is 5.01 Å². The highest BCUT2D eigenvalue weighted by Gasteiger charge is 2.24. The number of esters is 1. The molecule has 1 aromatic rings. The molecule has 0 spiro atoms. The Labute approximate surface area is 116 Å². The third-order valence-electron chi connectivity index (χ3n) is 3.27. The Balaban J connectivity index is 1.96. The zero-order valence-corrected chi connectivity index (χ0v) is 12.0. The fourth-order valence-electron chi connectivity index (χ4n) is 1.99. The molecule has 1 heterocycles. The molecule has 5 nitrogen and oxygen atoms in total. The van der Waals surface area contributed by atoms with Crippen LogP contribution in [0.15, 0.2) is 6.20 Å². The fraction of sp³-hybridized carbons (Fsp3) is 0.615. The molecule has 1 aliphatic rings. The number of hydrogen-bond donors (Lipinski definition) is 0. The summed E-state index contributed by atoms with van der Waals surface area (Å²) in [6.45, 7) is 2.83. The Morgan fingerprint density at radius 1 is 1.53 bits per heavy atom. The van der Waals surface area contributed by atoms with Crippen LogP contribution >= 0.6 is 11.3 Å². The van der Waals surface area contributed by atoms with Crippen molar-refractivity contribution in [2.75, 3.05) is 20.2 Å². The largest absolute Gasteiger partial charge is 0.461 e. The molecule has 0 saturated heterocycles. The van der Waals surface area contributed by atoms with E-state index in [4.69, 9.17) is 4.74 Å². The van der Waals surface area contributed by atoms with Crippen molar-refractivity contribution in [2.24, 2.45) is 5.92 Å². The van der Waals surface area contributed by atoms with Gasteiger partial charge >= 0.3 is 5.97 Å². The molecule has 19 heavy (non-hydrogen) atoms. The average molecular weight is 282 g/mol. The molecular weight excluding hydrogens is 264 g/mol. The van der Waals surface area contributed by atoms with Crippen molar-refractivity contribution in [1.82, 2.24) is 9.88 Å². The molecule has 0 aromatic carbocycles. The summed E-state index contributed by atoms with van der Waals surface area (Å²) in [5, 5.41) is 0.238. The van der Waals surface area contributed by atoms with Crippen LogP contribution in [0.4, 0.5) is 0 Å². The number of thiazole rings is 1. The number of carbonyl (C=O) groups is 2. The van der Waals surface area contributed by atoms with Crippen LogP contribution in [-0.2, 0) is 4.74 Å². The van der Waals surface area contributed by atoms with E-state index in [-0.39, 0.29) is 10.9 Å². The Kier molecular flexibility index (Phi) is 4.52. The molecule has 1 amide bonds. The van der Waals surface area contributed by atoms with E-state index in [1.807, 2.05) is 0 Å². The van der Waals surface area contributed by atoms with Crippen molar-refractivity contribution in [1.29, 1.82) is 0 Å². The highest BCUT2D eigenvalue weighted by Crippen LogP contribution is 2.27. The van der Waals surface area contributed by atoms with Gasteiger partial charge in [-0.05, 0) is 25.7 Å². The van der Waals surface area contributed by atoms with Crippen LogP contribution in [0.2, 0.25) is 0 Å². The van der Waals surface area contributed by atoms with Gasteiger partial charge in [0.25, 0.3) is 5.91 Å². The molecule has 2 rings (SSSR count). The summed E-state index contributed by atoms with van der Waals surface area (Å²) in [5.74, 6) is 0.0968. The molecule has 6 heteroatoms. The summed E-state index contributed by atoms with van der Waals surface area (Å²) in [6, 6.07) is 0. The van der Waals surface area contributed by atoms with Gasteiger partial charge in [0.15, 0.2) is 0 Å². The summed E-state index contributed by atoms with van der Waals surface area (Å²) in [6.07, 6.45) is 5.12. The van der Waals surface area contributed by atoms with Gasteiger partial charge in [-0.25, -0.2) is 9.78 Å². The zero-order chi connectivity index (χ0) is 13.8. The first-order chi connectivity index (χ1) is 9.11. The van der Waals surface area contributed by atoms with Gasteiger partial charge in [0.1, 0.15) is 4.88 Å². The predicted octanol–water partition coefficient (Wildman–Crippen LogP) is 2.19. The van der Waals surface area contributed by atoms with Crippen molar-refractivity contribution in [2.45, 2.75) is 26.2 Å². The van der Waals surface area contributed by atoms with Crippen molar-refractivity contribution < 1.29 is 14.3 Å². The molecule has 104 valence electrons. The van der Waals surface area contributed by atoms with Gasteiger partial charge < -0.3 is 9.64 Å². The molecule has 1 saturated carbocycles. The van der Waals surface area contributed by atoms with Crippen LogP contribution in [0, 0.1) is 5.92 Å². The molecule has 1 aromatic heterocycles. The lowest BCUT2D eigenvalue weighted by atomic mass is 9.85. The first-order valence-electron chi connectivity index (χ1n) is 6.50. The number of carbonyl (C=O) groups excluding carboxylic acids is 2. The van der Waals surface area contributed by atoms with E-state index < -0.39 is 5.97 Å². The topological polar surface area (TPSA) is 59.5 Å². The Morgan fingerprint density at radius 3 is 2.84 bits per heavy atom. The van der Waals surface area contributed by atoms with Gasteiger partial charge in [0.05, 0.1) is 12.8 Å². The second-order valence-corrected chi connectivity index (χ2v) is 5.76. The molecule has 0 N–H and O–H groups in total. The monoisotopic (exact) mass is 282 g/mol. The lowest BCUT2D eigenvalue weighted by Crippen LogP contribution is -2.33. The van der Waals surface area contributed by atoms with Crippen molar-refractivity contribution in [3.63, 3.8) is 0 Å². The molecular formula is C13H18N2O3S. The number of hydrogen-bond acceptors (Lipinski definition) is 5. The molecule has 0 atom stereocenters. The third-order valence-corrected chi connectivity index (χ3v) is 4.24. The maximum Gasteiger partial charge on any atom is 0.367 e. The van der Waals surface area contributed by atoms with Gasteiger partial charge in [0, 0.05) is 13.6 Å². The number of aromatic nitrogens is 1. The van der Waals surface area contributed by atoms with E-state index >= 15 is 0 Å². The predicted molar refractivity (Wildman–Crippen MR) is 72.4 cm³/mol. The highest BCUT2D eigenvalue weighted by atomic mass is 32.1. The second-order valence-electron chi connectivity index (χ2n) is 4.73. The second kappa shape index (κ2) is 6.14. The summed E-state index contributed by atoms with van der Waals surface area (Å²) in [4.78, 5) is 29.8. The molecule has 0 aliphatic heterocycles. The van der Waals surface area contributed by atoms with Gasteiger partial charge in [-0.2, -0.15) is 0 Å². The number of rotatable bonds is 5. The van der Waals surface area contributed by atoms with E-state index in [2.05, 4.69) is 4.98 Å². The quantitative estimate of drug-likeness (QED) is 0.777. The minimum Gasteiger partial charge on any atom is -0.461 e. The molecule has 0 bridgehead atoms. The van der Waals surface area contributed by atoms with Crippen LogP contribution in [0.5, 0.6) is 0 Å². The van der Waals surface area contributed by atoms with Crippen LogP contribution in [-0.4, -0.2) is 42.0 Å². The fourth-order valence-corrected chi connectivity index (χ4v) is 2.80. The van der Waals surface area contributed by atoms with E-state index in [1.165, 1.54) is 25.5 Å². The highest BCUT2D eigenvalue weighted by molar-refractivity contribution is 7.15. The number of ether oxygens (including phenoxy) is 1. The van der Waals surface area contributed by atoms with Crippen LogP contribution < -0.4 is 0 Å². The maximum absolute atomic E-state index is 12.2. The maximum atomic E-state index is 12.2. The standard InChI is InChI=1S/C13H18N2O3S/c1-3-18-13(17)11-14-7-10(19-11)12(16)15(2)8-9-5-4-6-9/h7,9H,3-6,8H2,1-2H3. The van der Waals surface area contributed by atoms with E-state index in [9.17, 15) is 9.59 Å². The zero-order valence-electron chi connectivity index (χ0n) is 11.2. The van der Waals surface area contributed by atoms with Crippen molar-refractivity contribution in [3.05, 3.63) is 16.1 Å². The lowest BCUT2D eigenvalue weighted by Gasteiger charge is -2.29. The van der Waals surface area contributed by atoms with Gasteiger partial charge in [-0.1, -0.05) is 6.42 Å². The van der Waals surface area contributed by atoms with Crippen LogP contribution in [0.25, 0.3) is 0 Å². The van der Waals surface area contributed by atoms with E-state index in [0.29, 0.717) is 17.4 Å². The van der Waals surface area contributed by atoms with Crippen LogP contribution in [0.1, 0.15) is 45.7 Å². The molecule has 0 unspecified atom stereocenters. The van der Waals surface area contributed by atoms with Crippen molar-refractivity contribution >= 4 is 23.2 Å². The summed E-state index contributed by atoms with van der Waals surface area (Å²) >= 11 is 1.09. The first kappa shape index (κ1) is 14.0. The Morgan fingerprint density at radius 2 is 2.26 bits per heavy atom. The third kappa shape index (κ3) is 3.32. The average Bonchev–Trinajstić information content (AvgIpc) is 2.82. The minimum absolute atomic E-state index is 0.0695. The normalized spacial score (nSPS) is 14.8. The summed E-state index contributed by atoms with van der Waals surface area (Å²) in [5.41, 5.74) is 0. The summed E-state index contributed by atoms with van der Waals surface area (Å²) in [7, 11) is 1.80. The lowest BCUT2D eigenvalue weighted by molar-refractivity contribution is 0.0525. The number of nitrogens with zero attached hydrogens (tertiary/aromatic N) is 2. The molecule has 1 fully saturated rings. The molecule has 1 aliphatic carbocycles. The first-order valence-corrected chi connectivity index (χ1v) is 7.32. The van der Waals surface area contributed by atoms with E-state index in [0.717, 1.165) is 17.9 Å². The Bertz CT molecular complexity index is 468. The smallest absolute Gasteiger partial charge is 0.367 e. The number of amides is 1. The summed E-state index contributed by atoms with van der Waals surface area (Å²) < 4.78 is 4.86. The van der Waals surface area contributed by atoms with E-state index in [1.54, 1.807) is 18.9 Å². The Hall–Kier alpha value is -1.43. The van der Waals surface area contributed by atoms with Gasteiger partial charge in [-0.15, -0.1) is 11.3 Å². The SMILES string of the molecule is CCOC(=O)c1ncc(C(=O)N(C)CC2CCC2)s1. The van der Waals surface area contributed by atoms with Gasteiger partial charge in [-0.3, -0.25) is 4.79 Å². The van der Waals surface area contributed by atoms with Crippen LogP contribution in [0.3, 0.4) is 0 Å².